The number of para-hydroxylation sites is 1. The van der Waals surface area contributed by atoms with E-state index in [0.29, 0.717) is 46.6 Å². The van der Waals surface area contributed by atoms with Gasteiger partial charge >= 0.3 is 0 Å². The summed E-state index contributed by atoms with van der Waals surface area (Å²) in [7, 11) is 3.03. The lowest BCUT2D eigenvalue weighted by molar-refractivity contribution is 0.0993. The number of rotatable bonds is 7. The van der Waals surface area contributed by atoms with Crippen LogP contribution in [0.5, 0.6) is 11.5 Å². The van der Waals surface area contributed by atoms with Crippen LogP contribution in [0.1, 0.15) is 22.8 Å². The summed E-state index contributed by atoms with van der Waals surface area (Å²) in [5, 5.41) is 0.653. The van der Waals surface area contributed by atoms with Crippen LogP contribution in [0.4, 0.5) is 0 Å². The summed E-state index contributed by atoms with van der Waals surface area (Å²) in [4.78, 5) is 18.0. The first-order valence-corrected chi connectivity index (χ1v) is 10.4. The van der Waals surface area contributed by atoms with Crippen LogP contribution in [-0.2, 0) is 11.3 Å². The van der Waals surface area contributed by atoms with E-state index in [1.165, 1.54) is 25.6 Å². The van der Waals surface area contributed by atoms with Crippen molar-refractivity contribution in [3.63, 3.8) is 0 Å². The highest BCUT2D eigenvalue weighted by molar-refractivity contribution is 7.16. The molecule has 0 radical (unpaired) electrons. The fourth-order valence-corrected chi connectivity index (χ4v) is 4.68. The summed E-state index contributed by atoms with van der Waals surface area (Å²) in [6.45, 7) is 5.67. The van der Waals surface area contributed by atoms with E-state index in [9.17, 15) is 4.79 Å². The molecule has 1 aromatic heterocycles. The molecule has 0 aliphatic carbocycles. The van der Waals surface area contributed by atoms with Crippen molar-refractivity contribution in [2.24, 2.45) is 4.99 Å². The zero-order chi connectivity index (χ0) is 21.0. The van der Waals surface area contributed by atoms with Crippen LogP contribution < -0.4 is 14.3 Å². The van der Waals surface area contributed by atoms with Crippen molar-refractivity contribution in [3.8, 4) is 11.5 Å². The molecule has 29 heavy (non-hydrogen) atoms. The van der Waals surface area contributed by atoms with Crippen LogP contribution >= 0.6 is 22.9 Å². The Kier molecular flexibility index (Phi) is 6.95. The Balaban J connectivity index is 2.15. The minimum atomic E-state index is -0.402. The van der Waals surface area contributed by atoms with Crippen LogP contribution in [0.15, 0.2) is 35.3 Å². The molecule has 2 aromatic carbocycles. The number of aryl methyl sites for hydroxylation is 1. The van der Waals surface area contributed by atoms with Crippen LogP contribution in [0.3, 0.4) is 0 Å². The maximum absolute atomic E-state index is 13.0. The Morgan fingerprint density at radius 2 is 2.03 bits per heavy atom. The topological polar surface area (TPSA) is 62.1 Å². The molecular weight excluding hydrogens is 412 g/mol. The first-order chi connectivity index (χ1) is 14.0. The molecule has 0 fully saturated rings. The van der Waals surface area contributed by atoms with Gasteiger partial charge in [0.05, 0.1) is 36.6 Å². The minimum Gasteiger partial charge on any atom is -0.493 e. The van der Waals surface area contributed by atoms with Gasteiger partial charge in [-0.25, -0.2) is 0 Å². The molecule has 0 aliphatic rings. The summed E-state index contributed by atoms with van der Waals surface area (Å²) >= 11 is 7.65. The van der Waals surface area contributed by atoms with E-state index < -0.39 is 5.91 Å². The number of fused-ring (bicyclic) bond motifs is 1. The van der Waals surface area contributed by atoms with Crippen LogP contribution in [0.25, 0.3) is 10.2 Å². The van der Waals surface area contributed by atoms with E-state index in [4.69, 9.17) is 25.8 Å². The number of hydrogen-bond acceptors (Lipinski definition) is 5. The summed E-state index contributed by atoms with van der Waals surface area (Å²) in [5.41, 5.74) is 2.37. The molecule has 1 heterocycles. The van der Waals surface area contributed by atoms with Gasteiger partial charge in [-0.2, -0.15) is 4.99 Å². The SMILES string of the molecule is CCOCCn1c(=NC(=O)c2cccc(OC)c2OC)sc2cc(Cl)cc(C)c21. The number of hydrogen-bond donors (Lipinski definition) is 0. The van der Waals surface area contributed by atoms with E-state index in [1.54, 1.807) is 18.2 Å². The number of amides is 1. The van der Waals surface area contributed by atoms with Crippen molar-refractivity contribution in [2.45, 2.75) is 20.4 Å². The van der Waals surface area contributed by atoms with Gasteiger partial charge in [0.15, 0.2) is 16.3 Å². The normalized spacial score (nSPS) is 11.8. The molecule has 154 valence electrons. The number of nitrogens with zero attached hydrogens (tertiary/aromatic N) is 2. The highest BCUT2D eigenvalue weighted by atomic mass is 35.5. The third-order valence-corrected chi connectivity index (χ3v) is 5.67. The Bertz CT molecular complexity index is 1100. The van der Waals surface area contributed by atoms with Gasteiger partial charge in [-0.15, -0.1) is 0 Å². The van der Waals surface area contributed by atoms with Crippen molar-refractivity contribution in [1.82, 2.24) is 4.57 Å². The second-order valence-electron chi connectivity index (χ2n) is 6.26. The zero-order valence-electron chi connectivity index (χ0n) is 16.8. The molecule has 8 heteroatoms. The summed E-state index contributed by atoms with van der Waals surface area (Å²) in [5.74, 6) is 0.447. The van der Waals surface area contributed by atoms with Gasteiger partial charge < -0.3 is 18.8 Å². The number of ether oxygens (including phenoxy) is 3. The second-order valence-corrected chi connectivity index (χ2v) is 7.71. The first kappa shape index (κ1) is 21.4. The maximum atomic E-state index is 13.0. The van der Waals surface area contributed by atoms with Gasteiger partial charge in [0.2, 0.25) is 0 Å². The molecular formula is C21H23ClN2O4S. The van der Waals surface area contributed by atoms with Gasteiger partial charge in [-0.05, 0) is 43.7 Å². The fraction of sp³-hybridized carbons (Fsp3) is 0.333. The monoisotopic (exact) mass is 434 g/mol. The molecule has 0 saturated heterocycles. The number of methoxy groups -OCH3 is 2. The van der Waals surface area contributed by atoms with Crippen LogP contribution in [0.2, 0.25) is 5.02 Å². The molecule has 0 atom stereocenters. The molecule has 0 bridgehead atoms. The van der Waals surface area contributed by atoms with Gasteiger partial charge in [0.25, 0.3) is 5.91 Å². The quantitative estimate of drug-likeness (QED) is 0.515. The molecule has 0 spiro atoms. The van der Waals surface area contributed by atoms with Crippen molar-refractivity contribution >= 4 is 39.1 Å². The summed E-state index contributed by atoms with van der Waals surface area (Å²) in [6, 6.07) is 8.95. The molecule has 3 aromatic rings. The van der Waals surface area contributed by atoms with Crippen molar-refractivity contribution < 1.29 is 19.0 Å². The number of carbonyl (C=O) groups is 1. The molecule has 0 aliphatic heterocycles. The number of aromatic nitrogens is 1. The third-order valence-electron chi connectivity index (χ3n) is 4.43. The number of carbonyl (C=O) groups excluding carboxylic acids is 1. The molecule has 6 nitrogen and oxygen atoms in total. The van der Waals surface area contributed by atoms with Crippen molar-refractivity contribution in [1.29, 1.82) is 0 Å². The minimum absolute atomic E-state index is 0.343. The van der Waals surface area contributed by atoms with Gasteiger partial charge in [0.1, 0.15) is 0 Å². The lowest BCUT2D eigenvalue weighted by Crippen LogP contribution is -2.20. The number of halogens is 1. The molecule has 1 amide bonds. The highest BCUT2D eigenvalue weighted by Gasteiger charge is 2.17. The summed E-state index contributed by atoms with van der Waals surface area (Å²) in [6.07, 6.45) is 0. The highest BCUT2D eigenvalue weighted by Crippen LogP contribution is 2.31. The Hall–Kier alpha value is -2.35. The molecule has 3 rings (SSSR count). The molecule has 0 saturated carbocycles. The van der Waals surface area contributed by atoms with E-state index >= 15 is 0 Å². The lowest BCUT2D eigenvalue weighted by atomic mass is 10.2. The predicted octanol–water partition coefficient (Wildman–Crippen LogP) is 4.46. The fourth-order valence-electron chi connectivity index (χ4n) is 3.17. The van der Waals surface area contributed by atoms with E-state index in [2.05, 4.69) is 4.99 Å². The first-order valence-electron chi connectivity index (χ1n) is 9.17. The van der Waals surface area contributed by atoms with Gasteiger partial charge in [0, 0.05) is 18.2 Å². The maximum Gasteiger partial charge on any atom is 0.283 e. The average molecular weight is 435 g/mol. The number of thiazole rings is 1. The van der Waals surface area contributed by atoms with Crippen molar-refractivity contribution in [3.05, 3.63) is 51.3 Å². The van der Waals surface area contributed by atoms with Crippen LogP contribution in [0, 0.1) is 6.92 Å². The Morgan fingerprint density at radius 3 is 2.72 bits per heavy atom. The van der Waals surface area contributed by atoms with Gasteiger partial charge in [-0.1, -0.05) is 29.0 Å². The third kappa shape index (κ3) is 4.47. The largest absolute Gasteiger partial charge is 0.493 e. The standard InChI is InChI=1S/C21H23ClN2O4S/c1-5-28-10-9-24-18-13(2)11-14(22)12-17(18)29-21(24)23-20(25)15-7-6-8-16(26-3)19(15)27-4/h6-8,11-12H,5,9-10H2,1-4H3. The smallest absolute Gasteiger partial charge is 0.283 e. The lowest BCUT2D eigenvalue weighted by Gasteiger charge is -2.10. The number of benzene rings is 2. The average Bonchev–Trinajstić information content (AvgIpc) is 3.04. The Morgan fingerprint density at radius 1 is 1.24 bits per heavy atom. The van der Waals surface area contributed by atoms with Crippen molar-refractivity contribution in [2.75, 3.05) is 27.4 Å². The van der Waals surface area contributed by atoms with E-state index in [1.807, 2.05) is 30.5 Å². The van der Waals surface area contributed by atoms with Gasteiger partial charge in [-0.3, -0.25) is 4.79 Å². The van der Waals surface area contributed by atoms with Crippen LogP contribution in [-0.4, -0.2) is 37.9 Å². The second kappa shape index (κ2) is 9.43. The Labute approximate surface area is 178 Å². The molecule has 0 N–H and O–H groups in total. The summed E-state index contributed by atoms with van der Waals surface area (Å²) < 4.78 is 19.2. The predicted molar refractivity (Wildman–Crippen MR) is 115 cm³/mol. The van der Waals surface area contributed by atoms with E-state index in [0.717, 1.165) is 15.8 Å². The van der Waals surface area contributed by atoms with E-state index in [-0.39, 0.29) is 0 Å². The molecule has 0 unspecified atom stereocenters. The zero-order valence-corrected chi connectivity index (χ0v) is 18.4.